The number of para-hydroxylation sites is 1. The zero-order valence-corrected chi connectivity index (χ0v) is 13.4. The lowest BCUT2D eigenvalue weighted by Gasteiger charge is -2.31. The quantitative estimate of drug-likeness (QED) is 0.891. The highest BCUT2D eigenvalue weighted by molar-refractivity contribution is 5.84. The zero-order valence-electron chi connectivity index (χ0n) is 13.4. The number of ether oxygens (including phenoxy) is 1. The summed E-state index contributed by atoms with van der Waals surface area (Å²) in [6, 6.07) is 7.35. The molecule has 1 amide bonds. The van der Waals surface area contributed by atoms with Crippen molar-refractivity contribution in [3.05, 3.63) is 47.6 Å². The first-order chi connectivity index (χ1) is 12.0. The van der Waals surface area contributed by atoms with Crippen LogP contribution in [-0.4, -0.2) is 46.7 Å². The molecule has 1 aliphatic heterocycles. The number of hydrogen-bond acceptors (Lipinski definition) is 5. The predicted molar refractivity (Wildman–Crippen MR) is 83.9 cm³/mol. The van der Waals surface area contributed by atoms with Crippen LogP contribution in [0.5, 0.6) is 5.75 Å². The summed E-state index contributed by atoms with van der Waals surface area (Å²) in [7, 11) is 0. The number of benzene rings is 1. The number of piperidine rings is 1. The Kier molecular flexibility index (Phi) is 4.97. The van der Waals surface area contributed by atoms with E-state index in [4.69, 9.17) is 14.4 Å². The summed E-state index contributed by atoms with van der Waals surface area (Å²) in [5, 5.41) is 12.6. The Balaban J connectivity index is 1.50. The van der Waals surface area contributed by atoms with Gasteiger partial charge in [0.15, 0.2) is 18.2 Å². The van der Waals surface area contributed by atoms with Crippen LogP contribution in [0, 0.1) is 5.82 Å². The van der Waals surface area contributed by atoms with Crippen molar-refractivity contribution in [2.24, 2.45) is 0 Å². The third-order valence-electron chi connectivity index (χ3n) is 4.19. The molecular weight excluding hydrogens is 331 g/mol. The summed E-state index contributed by atoms with van der Waals surface area (Å²) in [6.07, 6.45) is 1.30. The molecule has 132 valence electrons. The van der Waals surface area contributed by atoms with Gasteiger partial charge in [0.25, 0.3) is 5.91 Å². The smallest absolute Gasteiger partial charge is 0.374 e. The molecule has 2 heterocycles. The molecule has 1 aliphatic rings. The first-order valence-electron chi connectivity index (χ1n) is 7.89. The molecule has 1 saturated heterocycles. The average Bonchev–Trinajstić information content (AvgIpc) is 3.11. The molecule has 0 saturated carbocycles. The molecule has 0 atom stereocenters. The summed E-state index contributed by atoms with van der Waals surface area (Å²) >= 11 is 0. The van der Waals surface area contributed by atoms with Gasteiger partial charge in [0.2, 0.25) is 5.76 Å². The number of rotatable bonds is 5. The van der Waals surface area contributed by atoms with Gasteiger partial charge in [-0.1, -0.05) is 17.3 Å². The Morgan fingerprint density at radius 2 is 2.04 bits per heavy atom. The fraction of sp³-hybridized carbons (Fsp3) is 0.353. The third-order valence-corrected chi connectivity index (χ3v) is 4.19. The Morgan fingerprint density at radius 3 is 2.68 bits per heavy atom. The SMILES string of the molecule is O=C(O)c1cc(C2CCN(C(=O)COc3ccccc3F)CC2)no1. The van der Waals surface area contributed by atoms with Gasteiger partial charge in [0.1, 0.15) is 0 Å². The Hall–Kier alpha value is -2.90. The lowest BCUT2D eigenvalue weighted by molar-refractivity contribution is -0.134. The van der Waals surface area contributed by atoms with Crippen LogP contribution in [0.15, 0.2) is 34.9 Å². The fourth-order valence-corrected chi connectivity index (χ4v) is 2.80. The summed E-state index contributed by atoms with van der Waals surface area (Å²) in [6.45, 7) is 0.775. The molecule has 1 fully saturated rings. The number of carbonyl (C=O) groups is 2. The number of aromatic carboxylic acids is 1. The van der Waals surface area contributed by atoms with E-state index in [1.165, 1.54) is 18.2 Å². The van der Waals surface area contributed by atoms with Crippen LogP contribution in [0.4, 0.5) is 4.39 Å². The molecule has 1 aromatic heterocycles. The van der Waals surface area contributed by atoms with Crippen molar-refractivity contribution in [3.8, 4) is 5.75 Å². The van der Waals surface area contributed by atoms with Crippen LogP contribution in [0.25, 0.3) is 0 Å². The summed E-state index contributed by atoms with van der Waals surface area (Å²) in [5.74, 6) is -1.96. The maximum absolute atomic E-state index is 13.5. The third kappa shape index (κ3) is 3.96. The van der Waals surface area contributed by atoms with E-state index in [0.717, 1.165) is 0 Å². The molecule has 0 bridgehead atoms. The second kappa shape index (κ2) is 7.33. The van der Waals surface area contributed by atoms with Gasteiger partial charge in [0, 0.05) is 25.1 Å². The number of carboxylic acid groups (broad SMARTS) is 1. The van der Waals surface area contributed by atoms with E-state index in [2.05, 4.69) is 5.16 Å². The number of carboxylic acids is 1. The Bertz CT molecular complexity index is 768. The minimum absolute atomic E-state index is 0.0494. The summed E-state index contributed by atoms with van der Waals surface area (Å²) in [4.78, 5) is 24.7. The fourth-order valence-electron chi connectivity index (χ4n) is 2.80. The first-order valence-corrected chi connectivity index (χ1v) is 7.89. The average molecular weight is 348 g/mol. The highest BCUT2D eigenvalue weighted by Gasteiger charge is 2.27. The molecule has 8 heteroatoms. The van der Waals surface area contributed by atoms with Crippen molar-refractivity contribution in [1.29, 1.82) is 0 Å². The minimum Gasteiger partial charge on any atom is -0.481 e. The molecule has 0 unspecified atom stereocenters. The minimum atomic E-state index is -1.16. The highest BCUT2D eigenvalue weighted by Crippen LogP contribution is 2.28. The topological polar surface area (TPSA) is 92.9 Å². The number of likely N-dealkylation sites (tertiary alicyclic amines) is 1. The van der Waals surface area contributed by atoms with E-state index in [1.54, 1.807) is 17.0 Å². The van der Waals surface area contributed by atoms with Crippen LogP contribution >= 0.6 is 0 Å². The maximum Gasteiger partial charge on any atom is 0.374 e. The van der Waals surface area contributed by atoms with E-state index < -0.39 is 11.8 Å². The number of hydrogen-bond donors (Lipinski definition) is 1. The van der Waals surface area contributed by atoms with Gasteiger partial charge < -0.3 is 19.3 Å². The van der Waals surface area contributed by atoms with E-state index in [0.29, 0.717) is 31.6 Å². The van der Waals surface area contributed by atoms with Crippen molar-refractivity contribution in [2.45, 2.75) is 18.8 Å². The highest BCUT2D eigenvalue weighted by atomic mass is 19.1. The summed E-state index contributed by atoms with van der Waals surface area (Å²) in [5.41, 5.74) is 0.590. The molecule has 0 spiro atoms. The predicted octanol–water partition coefficient (Wildman–Crippen LogP) is 2.30. The standard InChI is InChI=1S/C17H17FN2O5/c18-12-3-1-2-4-14(12)24-10-16(21)20-7-5-11(6-8-20)13-9-15(17(22)23)25-19-13/h1-4,9,11H,5-8,10H2,(H,22,23). The molecule has 0 aliphatic carbocycles. The molecule has 1 aromatic carbocycles. The van der Waals surface area contributed by atoms with Crippen molar-refractivity contribution in [3.63, 3.8) is 0 Å². The van der Waals surface area contributed by atoms with Crippen LogP contribution in [0.2, 0.25) is 0 Å². The van der Waals surface area contributed by atoms with Crippen LogP contribution in [0.1, 0.15) is 35.0 Å². The number of nitrogens with zero attached hydrogens (tertiary/aromatic N) is 2. The molecule has 2 aromatic rings. The van der Waals surface area contributed by atoms with Crippen molar-refractivity contribution >= 4 is 11.9 Å². The van der Waals surface area contributed by atoms with Gasteiger partial charge in [-0.05, 0) is 25.0 Å². The largest absolute Gasteiger partial charge is 0.481 e. The Labute approximate surface area is 143 Å². The van der Waals surface area contributed by atoms with Crippen LogP contribution in [-0.2, 0) is 4.79 Å². The second-order valence-corrected chi connectivity index (χ2v) is 5.80. The van der Waals surface area contributed by atoms with E-state index in [1.807, 2.05) is 0 Å². The monoisotopic (exact) mass is 348 g/mol. The van der Waals surface area contributed by atoms with E-state index >= 15 is 0 Å². The van der Waals surface area contributed by atoms with Crippen molar-refractivity contribution in [1.82, 2.24) is 10.1 Å². The number of carbonyl (C=O) groups excluding carboxylic acids is 1. The molecule has 25 heavy (non-hydrogen) atoms. The molecule has 0 radical (unpaired) electrons. The van der Waals surface area contributed by atoms with Gasteiger partial charge in [-0.15, -0.1) is 0 Å². The molecular formula is C17H17FN2O5. The van der Waals surface area contributed by atoms with Crippen molar-refractivity contribution < 1.29 is 28.3 Å². The second-order valence-electron chi connectivity index (χ2n) is 5.80. The van der Waals surface area contributed by atoms with Gasteiger partial charge in [-0.25, -0.2) is 9.18 Å². The maximum atomic E-state index is 13.5. The first kappa shape index (κ1) is 16.9. The van der Waals surface area contributed by atoms with Crippen LogP contribution in [0.3, 0.4) is 0 Å². The van der Waals surface area contributed by atoms with E-state index in [-0.39, 0.29) is 29.9 Å². The van der Waals surface area contributed by atoms with Crippen LogP contribution < -0.4 is 4.74 Å². The number of aromatic nitrogens is 1. The molecule has 1 N–H and O–H groups in total. The normalized spacial score (nSPS) is 15.2. The lowest BCUT2D eigenvalue weighted by Crippen LogP contribution is -2.40. The Morgan fingerprint density at radius 1 is 1.32 bits per heavy atom. The number of halogens is 1. The summed E-state index contributed by atoms with van der Waals surface area (Å²) < 4.78 is 23.5. The molecule has 3 rings (SSSR count). The van der Waals surface area contributed by atoms with Crippen molar-refractivity contribution in [2.75, 3.05) is 19.7 Å². The zero-order chi connectivity index (χ0) is 17.8. The van der Waals surface area contributed by atoms with Gasteiger partial charge in [-0.3, -0.25) is 4.79 Å². The van der Waals surface area contributed by atoms with Gasteiger partial charge in [-0.2, -0.15) is 0 Å². The van der Waals surface area contributed by atoms with Gasteiger partial charge >= 0.3 is 5.97 Å². The lowest BCUT2D eigenvalue weighted by atomic mass is 9.93. The van der Waals surface area contributed by atoms with Gasteiger partial charge in [0.05, 0.1) is 5.69 Å². The molecule has 7 nitrogen and oxygen atoms in total. The van der Waals surface area contributed by atoms with E-state index in [9.17, 15) is 14.0 Å². The number of amides is 1.